The predicted molar refractivity (Wildman–Crippen MR) is 106 cm³/mol. The van der Waals surface area contributed by atoms with E-state index >= 15 is 0 Å². The van der Waals surface area contributed by atoms with Crippen LogP contribution in [0.2, 0.25) is 0 Å². The van der Waals surface area contributed by atoms with E-state index in [1.165, 1.54) is 16.9 Å². The van der Waals surface area contributed by atoms with E-state index in [-0.39, 0.29) is 5.91 Å². The molecular formula is C21H18N4OS. The Balaban J connectivity index is 1.57. The third-order valence-electron chi connectivity index (χ3n) is 4.88. The van der Waals surface area contributed by atoms with Gasteiger partial charge < -0.3 is 9.47 Å². The number of amides is 1. The summed E-state index contributed by atoms with van der Waals surface area (Å²) in [7, 11) is 0. The summed E-state index contributed by atoms with van der Waals surface area (Å²) in [5.41, 5.74) is 4.31. The monoisotopic (exact) mass is 374 g/mol. The Kier molecular flexibility index (Phi) is 3.72. The van der Waals surface area contributed by atoms with Gasteiger partial charge in [0, 0.05) is 18.0 Å². The minimum atomic E-state index is 0.0725. The maximum absolute atomic E-state index is 12.8. The molecule has 1 amide bonds. The van der Waals surface area contributed by atoms with Crippen LogP contribution in [-0.2, 0) is 13.1 Å². The van der Waals surface area contributed by atoms with Gasteiger partial charge in [0.05, 0.1) is 29.3 Å². The summed E-state index contributed by atoms with van der Waals surface area (Å²) in [6.07, 6.45) is 4.04. The van der Waals surface area contributed by atoms with Crippen molar-refractivity contribution in [3.63, 3.8) is 0 Å². The molecule has 0 saturated carbocycles. The van der Waals surface area contributed by atoms with Crippen LogP contribution in [0.1, 0.15) is 26.5 Å². The molecule has 0 bridgehead atoms. The summed E-state index contributed by atoms with van der Waals surface area (Å²) in [4.78, 5) is 15.4. The van der Waals surface area contributed by atoms with Gasteiger partial charge in [-0.1, -0.05) is 23.8 Å². The van der Waals surface area contributed by atoms with E-state index in [4.69, 9.17) is 5.10 Å². The number of carbonyl (C=O) groups is 1. The van der Waals surface area contributed by atoms with Gasteiger partial charge in [-0.2, -0.15) is 5.10 Å². The van der Waals surface area contributed by atoms with Crippen molar-refractivity contribution in [1.29, 1.82) is 0 Å². The molecule has 0 N–H and O–H groups in total. The molecule has 3 aromatic heterocycles. The molecule has 4 aromatic rings. The maximum Gasteiger partial charge on any atom is 0.264 e. The highest BCUT2D eigenvalue weighted by Crippen LogP contribution is 2.31. The SMILES string of the molecule is Cc1ccc(-n2nc3c(c2-n2cccc2)CN(C(=O)c2cccs2)C3)cc1. The van der Waals surface area contributed by atoms with E-state index in [0.29, 0.717) is 13.1 Å². The average Bonchev–Trinajstić information content (AvgIpc) is 3.44. The first-order valence-electron chi connectivity index (χ1n) is 8.84. The lowest BCUT2D eigenvalue weighted by Crippen LogP contribution is -2.25. The van der Waals surface area contributed by atoms with Gasteiger partial charge in [-0.3, -0.25) is 4.79 Å². The quantitative estimate of drug-likeness (QED) is 0.540. The van der Waals surface area contributed by atoms with Gasteiger partial charge in [-0.25, -0.2) is 4.68 Å². The molecule has 0 atom stereocenters. The van der Waals surface area contributed by atoms with E-state index in [9.17, 15) is 4.79 Å². The van der Waals surface area contributed by atoms with Crippen LogP contribution in [0.25, 0.3) is 11.5 Å². The second-order valence-corrected chi connectivity index (χ2v) is 7.67. The molecule has 1 aliphatic heterocycles. The fraction of sp³-hybridized carbons (Fsp3) is 0.143. The van der Waals surface area contributed by atoms with Gasteiger partial charge in [-0.05, 0) is 42.6 Å². The van der Waals surface area contributed by atoms with Crippen molar-refractivity contribution < 1.29 is 4.79 Å². The van der Waals surface area contributed by atoms with Crippen LogP contribution in [-0.4, -0.2) is 25.2 Å². The lowest BCUT2D eigenvalue weighted by Gasteiger charge is -2.17. The summed E-state index contributed by atoms with van der Waals surface area (Å²) >= 11 is 1.48. The number of benzene rings is 1. The van der Waals surface area contributed by atoms with E-state index in [2.05, 4.69) is 35.8 Å². The highest BCUT2D eigenvalue weighted by molar-refractivity contribution is 7.12. The normalized spacial score (nSPS) is 13.1. The fourth-order valence-electron chi connectivity index (χ4n) is 3.51. The molecule has 5 rings (SSSR count). The largest absolute Gasteiger partial charge is 0.327 e. The van der Waals surface area contributed by atoms with Gasteiger partial charge in [0.1, 0.15) is 5.82 Å². The van der Waals surface area contributed by atoms with Crippen molar-refractivity contribution in [3.8, 4) is 11.5 Å². The lowest BCUT2D eigenvalue weighted by molar-refractivity contribution is 0.0754. The number of hydrogen-bond donors (Lipinski definition) is 0. The van der Waals surface area contributed by atoms with E-state index < -0.39 is 0 Å². The molecule has 27 heavy (non-hydrogen) atoms. The first kappa shape index (κ1) is 16.1. The molecule has 5 nitrogen and oxygen atoms in total. The van der Waals surface area contributed by atoms with Gasteiger partial charge in [-0.15, -0.1) is 11.3 Å². The molecule has 4 heterocycles. The zero-order valence-electron chi connectivity index (χ0n) is 14.9. The van der Waals surface area contributed by atoms with Gasteiger partial charge in [0.2, 0.25) is 0 Å². The number of nitrogens with zero attached hydrogens (tertiary/aromatic N) is 4. The highest BCUT2D eigenvalue weighted by Gasteiger charge is 2.32. The van der Waals surface area contributed by atoms with Crippen LogP contribution >= 0.6 is 11.3 Å². The minimum absolute atomic E-state index is 0.0725. The first-order valence-corrected chi connectivity index (χ1v) is 9.72. The lowest BCUT2D eigenvalue weighted by atomic mass is 10.2. The van der Waals surface area contributed by atoms with Crippen molar-refractivity contribution >= 4 is 17.2 Å². The standard InChI is InChI=1S/C21H18N4OS/c1-15-6-8-16(9-7-15)25-20(23-10-2-3-11-23)17-13-24(14-18(17)22-25)21(26)19-5-4-12-27-19/h2-12H,13-14H2,1H3. The first-order chi connectivity index (χ1) is 13.2. The molecule has 0 fully saturated rings. The third-order valence-corrected chi connectivity index (χ3v) is 5.73. The number of thiophene rings is 1. The maximum atomic E-state index is 12.8. The van der Waals surface area contributed by atoms with Crippen LogP contribution in [0.15, 0.2) is 66.3 Å². The third kappa shape index (κ3) is 2.69. The molecule has 0 aliphatic carbocycles. The van der Waals surface area contributed by atoms with Crippen molar-refractivity contribution in [2.45, 2.75) is 20.0 Å². The number of fused-ring (bicyclic) bond motifs is 1. The molecule has 6 heteroatoms. The molecule has 0 saturated heterocycles. The fourth-order valence-corrected chi connectivity index (χ4v) is 4.20. The smallest absolute Gasteiger partial charge is 0.264 e. The summed E-state index contributed by atoms with van der Waals surface area (Å²) < 4.78 is 4.06. The Bertz CT molecular complexity index is 1090. The summed E-state index contributed by atoms with van der Waals surface area (Å²) in [5, 5.41) is 6.80. The average molecular weight is 374 g/mol. The highest BCUT2D eigenvalue weighted by atomic mass is 32.1. The zero-order chi connectivity index (χ0) is 18.4. The Morgan fingerprint density at radius 2 is 1.81 bits per heavy atom. The van der Waals surface area contributed by atoms with Crippen LogP contribution in [0, 0.1) is 6.92 Å². The van der Waals surface area contributed by atoms with Gasteiger partial charge in [0.25, 0.3) is 5.91 Å². The van der Waals surface area contributed by atoms with Gasteiger partial charge >= 0.3 is 0 Å². The van der Waals surface area contributed by atoms with Crippen LogP contribution in [0.5, 0.6) is 0 Å². The van der Waals surface area contributed by atoms with Crippen LogP contribution in [0.3, 0.4) is 0 Å². The molecule has 0 unspecified atom stereocenters. The predicted octanol–water partition coefficient (Wildman–Crippen LogP) is 4.19. The van der Waals surface area contributed by atoms with E-state index in [1.54, 1.807) is 0 Å². The second-order valence-electron chi connectivity index (χ2n) is 6.73. The number of aryl methyl sites for hydroxylation is 1. The van der Waals surface area contributed by atoms with Crippen molar-refractivity contribution in [2.24, 2.45) is 0 Å². The Morgan fingerprint density at radius 3 is 2.52 bits per heavy atom. The van der Waals surface area contributed by atoms with Crippen molar-refractivity contribution in [2.75, 3.05) is 0 Å². The van der Waals surface area contributed by atoms with Gasteiger partial charge in [0.15, 0.2) is 0 Å². The van der Waals surface area contributed by atoms with Crippen LogP contribution in [0.4, 0.5) is 0 Å². The number of aromatic nitrogens is 3. The summed E-state index contributed by atoms with van der Waals surface area (Å²) in [6.45, 7) is 3.19. The summed E-state index contributed by atoms with van der Waals surface area (Å²) in [5.74, 6) is 1.07. The van der Waals surface area contributed by atoms with Crippen molar-refractivity contribution in [3.05, 3.63) is 88.0 Å². The van der Waals surface area contributed by atoms with Crippen molar-refractivity contribution in [1.82, 2.24) is 19.2 Å². The van der Waals surface area contributed by atoms with Crippen LogP contribution < -0.4 is 0 Å². The molecular weight excluding hydrogens is 356 g/mol. The molecule has 1 aliphatic rings. The number of rotatable bonds is 3. The Morgan fingerprint density at radius 1 is 1.04 bits per heavy atom. The second kappa shape index (κ2) is 6.25. The Hall–Kier alpha value is -3.12. The van der Waals surface area contributed by atoms with E-state index in [0.717, 1.165) is 27.6 Å². The number of carbonyl (C=O) groups excluding carboxylic acids is 1. The molecule has 134 valence electrons. The Labute approximate surface area is 161 Å². The molecule has 0 radical (unpaired) electrons. The molecule has 0 spiro atoms. The zero-order valence-corrected chi connectivity index (χ0v) is 15.7. The number of hydrogen-bond acceptors (Lipinski definition) is 3. The topological polar surface area (TPSA) is 43.1 Å². The molecule has 1 aromatic carbocycles. The van der Waals surface area contributed by atoms with E-state index in [1.807, 2.05) is 51.6 Å². The summed E-state index contributed by atoms with van der Waals surface area (Å²) in [6, 6.07) is 16.1. The minimum Gasteiger partial charge on any atom is -0.327 e.